The largest absolute Gasteiger partial charge is 0.384 e. The van der Waals surface area contributed by atoms with Crippen molar-refractivity contribution in [3.63, 3.8) is 0 Å². The van der Waals surface area contributed by atoms with Gasteiger partial charge in [-0.2, -0.15) is 0 Å². The fraction of sp³-hybridized carbons (Fsp3) is 0.364. The number of nitrogens with zero attached hydrogens (tertiary/aromatic N) is 2. The van der Waals surface area contributed by atoms with Gasteiger partial charge >= 0.3 is 0 Å². The highest BCUT2D eigenvalue weighted by atomic mass is 79.9. The first-order chi connectivity index (χ1) is 7.22. The van der Waals surface area contributed by atoms with Crippen LogP contribution in [0.25, 0.3) is 5.52 Å². The fourth-order valence-corrected chi connectivity index (χ4v) is 2.09. The van der Waals surface area contributed by atoms with E-state index in [2.05, 4.69) is 44.4 Å². The third-order valence-corrected chi connectivity index (χ3v) is 2.94. The lowest BCUT2D eigenvalue weighted by atomic mass is 10.3. The van der Waals surface area contributed by atoms with Crippen LogP contribution >= 0.6 is 15.9 Å². The highest BCUT2D eigenvalue weighted by Gasteiger charge is 2.08. The Labute approximate surface area is 97.2 Å². The van der Waals surface area contributed by atoms with E-state index in [-0.39, 0.29) is 0 Å². The number of halogens is 1. The Hall–Kier alpha value is -0.870. The van der Waals surface area contributed by atoms with Crippen LogP contribution in [-0.2, 0) is 11.2 Å². The van der Waals surface area contributed by atoms with Crippen molar-refractivity contribution in [1.82, 2.24) is 9.38 Å². The van der Waals surface area contributed by atoms with Crippen molar-refractivity contribution >= 4 is 21.4 Å². The number of fused-ring (bicyclic) bond motifs is 1. The molecule has 0 fully saturated rings. The Morgan fingerprint density at radius 1 is 1.53 bits per heavy atom. The van der Waals surface area contributed by atoms with E-state index >= 15 is 0 Å². The van der Waals surface area contributed by atoms with E-state index in [4.69, 9.17) is 4.74 Å². The summed E-state index contributed by atoms with van der Waals surface area (Å²) in [6.07, 6.45) is 2.87. The smallest absolute Gasteiger partial charge is 0.132 e. The standard InChI is InChI=1S/C11H13BrN2O/c1-8-3-5-14-9(7-8)11(12)13-10(14)4-6-15-2/h3,5,7H,4,6H2,1-2H3. The Morgan fingerprint density at radius 2 is 2.33 bits per heavy atom. The molecule has 0 atom stereocenters. The summed E-state index contributed by atoms with van der Waals surface area (Å²) < 4.78 is 8.05. The monoisotopic (exact) mass is 268 g/mol. The van der Waals surface area contributed by atoms with E-state index in [0.29, 0.717) is 6.61 Å². The second kappa shape index (κ2) is 4.33. The normalized spacial score (nSPS) is 11.1. The Kier molecular flexibility index (Phi) is 3.07. The van der Waals surface area contributed by atoms with Gasteiger partial charge in [-0.3, -0.25) is 0 Å². The minimum Gasteiger partial charge on any atom is -0.384 e. The van der Waals surface area contributed by atoms with Gasteiger partial charge in [0.05, 0.1) is 12.1 Å². The zero-order valence-electron chi connectivity index (χ0n) is 8.83. The second-order valence-electron chi connectivity index (χ2n) is 3.52. The van der Waals surface area contributed by atoms with E-state index in [9.17, 15) is 0 Å². The maximum atomic E-state index is 5.06. The molecule has 0 radical (unpaired) electrons. The summed E-state index contributed by atoms with van der Waals surface area (Å²) in [5, 5.41) is 0. The van der Waals surface area contributed by atoms with Gasteiger partial charge in [0.1, 0.15) is 10.4 Å². The molecule has 0 saturated heterocycles. The number of hydrogen-bond acceptors (Lipinski definition) is 2. The van der Waals surface area contributed by atoms with Crippen LogP contribution in [0.15, 0.2) is 22.9 Å². The predicted molar refractivity (Wildman–Crippen MR) is 63.2 cm³/mol. The summed E-state index contributed by atoms with van der Waals surface area (Å²) in [5.74, 6) is 1.03. The lowest BCUT2D eigenvalue weighted by molar-refractivity contribution is 0.200. The molecule has 0 spiro atoms. The van der Waals surface area contributed by atoms with Crippen LogP contribution < -0.4 is 0 Å². The van der Waals surface area contributed by atoms with E-state index in [0.717, 1.165) is 22.4 Å². The first-order valence-corrected chi connectivity index (χ1v) is 5.63. The van der Waals surface area contributed by atoms with Crippen molar-refractivity contribution in [2.75, 3.05) is 13.7 Å². The molecule has 2 aromatic rings. The lowest BCUT2D eigenvalue weighted by Crippen LogP contribution is -2.00. The third kappa shape index (κ3) is 2.06. The van der Waals surface area contributed by atoms with Crippen molar-refractivity contribution < 1.29 is 4.74 Å². The lowest BCUT2D eigenvalue weighted by Gasteiger charge is -2.00. The predicted octanol–water partition coefficient (Wildman–Crippen LogP) is 2.59. The van der Waals surface area contributed by atoms with E-state index < -0.39 is 0 Å². The quantitative estimate of drug-likeness (QED) is 0.856. The minimum absolute atomic E-state index is 0.694. The SMILES string of the molecule is COCCc1nc(Br)c2cc(C)ccn12. The molecular weight excluding hydrogens is 256 g/mol. The number of pyridine rings is 1. The molecule has 4 heteroatoms. The van der Waals surface area contributed by atoms with Crippen LogP contribution in [0.3, 0.4) is 0 Å². The number of aryl methyl sites for hydroxylation is 1. The van der Waals surface area contributed by atoms with Gasteiger partial charge in [-0.15, -0.1) is 0 Å². The molecule has 2 heterocycles. The number of rotatable bonds is 3. The second-order valence-corrected chi connectivity index (χ2v) is 4.27. The van der Waals surface area contributed by atoms with Gasteiger partial charge < -0.3 is 9.14 Å². The molecule has 0 amide bonds. The van der Waals surface area contributed by atoms with Crippen LogP contribution in [0, 0.1) is 6.92 Å². The van der Waals surface area contributed by atoms with Crippen LogP contribution in [0.4, 0.5) is 0 Å². The van der Waals surface area contributed by atoms with E-state index in [1.54, 1.807) is 7.11 Å². The topological polar surface area (TPSA) is 26.5 Å². The molecule has 0 aromatic carbocycles. The fourth-order valence-electron chi connectivity index (χ4n) is 1.58. The highest BCUT2D eigenvalue weighted by Crippen LogP contribution is 2.20. The first kappa shape index (κ1) is 10.6. The van der Waals surface area contributed by atoms with Crippen LogP contribution in [0.2, 0.25) is 0 Å². The molecule has 0 aliphatic rings. The Balaban J connectivity index is 2.48. The summed E-state index contributed by atoms with van der Waals surface area (Å²) in [7, 11) is 1.70. The van der Waals surface area contributed by atoms with Crippen molar-refractivity contribution in [3.8, 4) is 0 Å². The molecule has 0 aliphatic carbocycles. The minimum atomic E-state index is 0.694. The molecule has 0 N–H and O–H groups in total. The summed E-state index contributed by atoms with van der Waals surface area (Å²) in [6, 6.07) is 4.20. The molecule has 0 aliphatic heterocycles. The van der Waals surface area contributed by atoms with Gasteiger partial charge in [0, 0.05) is 19.7 Å². The summed E-state index contributed by atoms with van der Waals surface area (Å²) >= 11 is 3.47. The molecule has 2 rings (SSSR count). The maximum Gasteiger partial charge on any atom is 0.132 e. The van der Waals surface area contributed by atoms with Gasteiger partial charge in [-0.1, -0.05) is 0 Å². The van der Waals surface area contributed by atoms with Crippen molar-refractivity contribution in [3.05, 3.63) is 34.3 Å². The average molecular weight is 269 g/mol. The first-order valence-electron chi connectivity index (χ1n) is 4.84. The number of aromatic nitrogens is 2. The zero-order valence-corrected chi connectivity index (χ0v) is 10.4. The van der Waals surface area contributed by atoms with Crippen molar-refractivity contribution in [1.29, 1.82) is 0 Å². The van der Waals surface area contributed by atoms with Gasteiger partial charge in [0.2, 0.25) is 0 Å². The summed E-state index contributed by atoms with van der Waals surface area (Å²) in [4.78, 5) is 4.47. The molecule has 0 saturated carbocycles. The molecule has 0 bridgehead atoms. The molecule has 0 unspecified atom stereocenters. The van der Waals surface area contributed by atoms with E-state index in [1.807, 2.05) is 6.20 Å². The maximum absolute atomic E-state index is 5.06. The molecule has 3 nitrogen and oxygen atoms in total. The van der Waals surface area contributed by atoms with Crippen molar-refractivity contribution in [2.45, 2.75) is 13.3 Å². The van der Waals surface area contributed by atoms with Gasteiger partial charge in [0.15, 0.2) is 0 Å². The Bertz CT molecular complexity index is 479. The average Bonchev–Trinajstić information content (AvgIpc) is 2.53. The van der Waals surface area contributed by atoms with Crippen molar-refractivity contribution in [2.24, 2.45) is 0 Å². The van der Waals surface area contributed by atoms with Crippen LogP contribution in [0.1, 0.15) is 11.4 Å². The molecule has 2 aromatic heterocycles. The Morgan fingerprint density at radius 3 is 3.07 bits per heavy atom. The number of imidazole rings is 1. The third-order valence-electron chi connectivity index (χ3n) is 2.36. The number of ether oxygens (including phenoxy) is 1. The number of methoxy groups -OCH3 is 1. The van der Waals surface area contributed by atoms with Gasteiger partial charge in [-0.25, -0.2) is 4.98 Å². The molecular formula is C11H13BrN2O. The summed E-state index contributed by atoms with van der Waals surface area (Å²) in [6.45, 7) is 2.77. The highest BCUT2D eigenvalue weighted by molar-refractivity contribution is 9.10. The van der Waals surface area contributed by atoms with Gasteiger partial charge in [0.25, 0.3) is 0 Å². The van der Waals surface area contributed by atoms with Gasteiger partial charge in [-0.05, 0) is 40.5 Å². The van der Waals surface area contributed by atoms with E-state index in [1.165, 1.54) is 5.56 Å². The molecule has 15 heavy (non-hydrogen) atoms. The zero-order chi connectivity index (χ0) is 10.8. The molecule has 80 valence electrons. The van der Waals surface area contributed by atoms with Crippen LogP contribution in [0.5, 0.6) is 0 Å². The van der Waals surface area contributed by atoms with Crippen LogP contribution in [-0.4, -0.2) is 23.1 Å². The summed E-state index contributed by atoms with van der Waals surface area (Å²) in [5.41, 5.74) is 2.35. The number of hydrogen-bond donors (Lipinski definition) is 0.